The van der Waals surface area contributed by atoms with E-state index < -0.39 is 0 Å². The van der Waals surface area contributed by atoms with Gasteiger partial charge in [-0.3, -0.25) is 0 Å². The van der Waals surface area contributed by atoms with Gasteiger partial charge in [0, 0.05) is 16.5 Å². The van der Waals surface area contributed by atoms with Gasteiger partial charge in [-0.2, -0.15) is 16.7 Å². The highest BCUT2D eigenvalue weighted by atomic mass is 32.2. The molecule has 0 aliphatic heterocycles. The van der Waals surface area contributed by atoms with Crippen molar-refractivity contribution >= 4 is 17.4 Å². The van der Waals surface area contributed by atoms with E-state index in [1.165, 1.54) is 25.7 Å². The van der Waals surface area contributed by atoms with Crippen molar-refractivity contribution < 1.29 is 4.52 Å². The number of nitrogens with zero attached hydrogens (tertiary/aromatic N) is 2. The highest BCUT2D eigenvalue weighted by Gasteiger charge is 2.17. The van der Waals surface area contributed by atoms with Crippen molar-refractivity contribution in [2.45, 2.75) is 43.6 Å². The highest BCUT2D eigenvalue weighted by molar-refractivity contribution is 7.99. The van der Waals surface area contributed by atoms with Crippen LogP contribution in [0.3, 0.4) is 0 Å². The molecule has 1 heterocycles. The largest absolute Gasteiger partial charge is 0.398 e. The van der Waals surface area contributed by atoms with E-state index in [4.69, 9.17) is 10.3 Å². The van der Waals surface area contributed by atoms with Crippen LogP contribution >= 0.6 is 11.8 Å². The van der Waals surface area contributed by atoms with Crippen molar-refractivity contribution in [3.8, 4) is 11.5 Å². The summed E-state index contributed by atoms with van der Waals surface area (Å²) in [6.07, 6.45) is 5.36. The smallest absolute Gasteiger partial charge is 0.258 e. The Kier molecular flexibility index (Phi) is 3.96. The van der Waals surface area contributed by atoms with Crippen molar-refractivity contribution in [3.05, 3.63) is 29.6 Å². The summed E-state index contributed by atoms with van der Waals surface area (Å²) < 4.78 is 5.37. The molecule has 20 heavy (non-hydrogen) atoms. The van der Waals surface area contributed by atoms with E-state index in [1.807, 2.05) is 36.9 Å². The van der Waals surface area contributed by atoms with Gasteiger partial charge in [-0.05, 0) is 37.5 Å². The third-order valence-electron chi connectivity index (χ3n) is 3.82. The zero-order chi connectivity index (χ0) is 13.9. The summed E-state index contributed by atoms with van der Waals surface area (Å²) in [5.74, 6) is 2.17. The molecule has 1 aromatic carbocycles. The third-order valence-corrected chi connectivity index (χ3v) is 5.19. The zero-order valence-corrected chi connectivity index (χ0v) is 12.4. The van der Waals surface area contributed by atoms with Gasteiger partial charge < -0.3 is 10.3 Å². The summed E-state index contributed by atoms with van der Waals surface area (Å²) in [6, 6.07) is 5.76. The van der Waals surface area contributed by atoms with E-state index in [9.17, 15) is 0 Å². The second-order valence-electron chi connectivity index (χ2n) is 5.25. The van der Waals surface area contributed by atoms with Crippen LogP contribution in [0.25, 0.3) is 11.5 Å². The van der Waals surface area contributed by atoms with Gasteiger partial charge in [0.25, 0.3) is 5.89 Å². The first-order valence-corrected chi connectivity index (χ1v) is 8.08. The first-order valence-electron chi connectivity index (χ1n) is 7.03. The number of rotatable bonds is 4. The van der Waals surface area contributed by atoms with Gasteiger partial charge in [0.1, 0.15) is 0 Å². The second kappa shape index (κ2) is 5.87. The van der Waals surface area contributed by atoms with Crippen LogP contribution in [0.4, 0.5) is 5.69 Å². The predicted octanol–water partition coefficient (Wildman–Crippen LogP) is 3.80. The van der Waals surface area contributed by atoms with Crippen LogP contribution in [0.15, 0.2) is 22.7 Å². The minimum atomic E-state index is 0.567. The van der Waals surface area contributed by atoms with Crippen LogP contribution in [-0.2, 0) is 5.75 Å². The van der Waals surface area contributed by atoms with Crippen LogP contribution in [0.1, 0.15) is 37.1 Å². The van der Waals surface area contributed by atoms with E-state index in [-0.39, 0.29) is 0 Å². The minimum Gasteiger partial charge on any atom is -0.398 e. The molecule has 5 heteroatoms. The molecule has 0 unspecified atom stereocenters. The average molecular weight is 289 g/mol. The van der Waals surface area contributed by atoms with Crippen LogP contribution < -0.4 is 5.73 Å². The van der Waals surface area contributed by atoms with Crippen LogP contribution in [0.2, 0.25) is 0 Å². The van der Waals surface area contributed by atoms with Crippen LogP contribution in [0.5, 0.6) is 0 Å². The van der Waals surface area contributed by atoms with Crippen molar-refractivity contribution in [3.63, 3.8) is 0 Å². The van der Waals surface area contributed by atoms with Gasteiger partial charge in [-0.15, -0.1) is 0 Å². The molecule has 0 atom stereocenters. The number of benzene rings is 1. The van der Waals surface area contributed by atoms with Crippen molar-refractivity contribution in [2.75, 3.05) is 5.73 Å². The van der Waals surface area contributed by atoms with Gasteiger partial charge in [0.15, 0.2) is 5.82 Å². The normalized spacial score (nSPS) is 15.8. The van der Waals surface area contributed by atoms with Gasteiger partial charge >= 0.3 is 0 Å². The maximum Gasteiger partial charge on any atom is 0.258 e. The Balaban J connectivity index is 1.71. The molecule has 1 aliphatic carbocycles. The molecule has 1 fully saturated rings. The van der Waals surface area contributed by atoms with E-state index in [0.29, 0.717) is 5.89 Å². The Hall–Kier alpha value is -1.49. The molecule has 2 aromatic rings. The molecule has 1 saturated carbocycles. The fourth-order valence-corrected chi connectivity index (χ4v) is 3.72. The summed E-state index contributed by atoms with van der Waals surface area (Å²) in [6.45, 7) is 1.97. The Bertz CT molecular complexity index is 591. The molecule has 1 aromatic heterocycles. The molecular weight excluding hydrogens is 270 g/mol. The molecule has 0 radical (unpaired) electrons. The van der Waals surface area contributed by atoms with Gasteiger partial charge in [0.05, 0.1) is 5.75 Å². The van der Waals surface area contributed by atoms with Gasteiger partial charge in [-0.1, -0.05) is 24.1 Å². The maximum atomic E-state index is 5.91. The Morgan fingerprint density at radius 2 is 2.15 bits per heavy atom. The SMILES string of the molecule is Cc1c(N)cccc1-c1nc(CSC2CCCC2)no1. The standard InChI is InChI=1S/C15H19N3OS/c1-10-12(7-4-8-13(10)16)15-17-14(18-19-15)9-20-11-5-2-3-6-11/h4,7-8,11H,2-3,5-6,9,16H2,1H3. The third kappa shape index (κ3) is 2.82. The predicted molar refractivity (Wildman–Crippen MR) is 82.4 cm³/mol. The fourth-order valence-electron chi connectivity index (χ4n) is 2.55. The minimum absolute atomic E-state index is 0.567. The highest BCUT2D eigenvalue weighted by Crippen LogP contribution is 2.32. The van der Waals surface area contributed by atoms with Gasteiger partial charge in [0.2, 0.25) is 0 Å². The lowest BCUT2D eigenvalue weighted by Crippen LogP contribution is -1.96. The number of aromatic nitrogens is 2. The summed E-state index contributed by atoms with van der Waals surface area (Å²) in [7, 11) is 0. The lowest BCUT2D eigenvalue weighted by atomic mass is 10.1. The molecule has 0 saturated heterocycles. The summed E-state index contributed by atoms with van der Waals surface area (Å²) >= 11 is 1.94. The first-order chi connectivity index (χ1) is 9.74. The number of anilines is 1. The Labute approximate surface area is 123 Å². The van der Waals surface area contributed by atoms with Crippen molar-refractivity contribution in [1.82, 2.24) is 10.1 Å². The second-order valence-corrected chi connectivity index (χ2v) is 6.54. The number of hydrogen-bond acceptors (Lipinski definition) is 5. The number of nitrogen functional groups attached to an aromatic ring is 1. The fraction of sp³-hybridized carbons (Fsp3) is 0.467. The Morgan fingerprint density at radius 1 is 1.35 bits per heavy atom. The summed E-state index contributed by atoms with van der Waals surface area (Å²) in [4.78, 5) is 4.49. The number of hydrogen-bond donors (Lipinski definition) is 1. The lowest BCUT2D eigenvalue weighted by molar-refractivity contribution is 0.425. The first kappa shape index (κ1) is 13.5. The molecule has 4 nitrogen and oxygen atoms in total. The zero-order valence-electron chi connectivity index (χ0n) is 11.6. The molecule has 2 N–H and O–H groups in total. The van der Waals surface area contributed by atoms with Crippen LogP contribution in [0, 0.1) is 6.92 Å². The van der Waals surface area contributed by atoms with E-state index >= 15 is 0 Å². The lowest BCUT2D eigenvalue weighted by Gasteiger charge is -2.05. The quantitative estimate of drug-likeness (QED) is 0.867. The van der Waals surface area contributed by atoms with E-state index in [2.05, 4.69) is 10.1 Å². The molecule has 0 spiro atoms. The topological polar surface area (TPSA) is 64.9 Å². The molecule has 0 bridgehead atoms. The Morgan fingerprint density at radius 3 is 2.95 bits per heavy atom. The molecule has 106 valence electrons. The van der Waals surface area contributed by atoms with Crippen molar-refractivity contribution in [2.24, 2.45) is 0 Å². The molecule has 1 aliphatic rings. The molecule has 0 amide bonds. The average Bonchev–Trinajstić information content (AvgIpc) is 3.10. The summed E-state index contributed by atoms with van der Waals surface area (Å²) in [5.41, 5.74) is 8.58. The maximum absolute atomic E-state index is 5.91. The molecular formula is C15H19N3OS. The van der Waals surface area contributed by atoms with E-state index in [0.717, 1.165) is 33.6 Å². The van der Waals surface area contributed by atoms with Crippen molar-refractivity contribution in [1.29, 1.82) is 0 Å². The monoisotopic (exact) mass is 289 g/mol. The van der Waals surface area contributed by atoms with E-state index in [1.54, 1.807) is 0 Å². The number of thioether (sulfide) groups is 1. The molecule has 3 rings (SSSR count). The number of nitrogens with two attached hydrogens (primary N) is 1. The summed E-state index contributed by atoms with van der Waals surface area (Å²) in [5, 5.41) is 4.85. The van der Waals surface area contributed by atoms with Gasteiger partial charge in [-0.25, -0.2) is 0 Å². The van der Waals surface area contributed by atoms with Crippen LogP contribution in [-0.4, -0.2) is 15.4 Å².